The van der Waals surface area contributed by atoms with Gasteiger partial charge in [-0.15, -0.1) is 0 Å². The fourth-order valence-corrected chi connectivity index (χ4v) is 2.88. The first-order valence-electron chi connectivity index (χ1n) is 5.54. The predicted octanol–water partition coefficient (Wildman–Crippen LogP) is 1.87. The second-order valence-electron chi connectivity index (χ2n) is 3.95. The Morgan fingerprint density at radius 2 is 1.94 bits per heavy atom. The lowest BCUT2D eigenvalue weighted by Gasteiger charge is -2.08. The van der Waals surface area contributed by atoms with Crippen LogP contribution in [0.3, 0.4) is 0 Å². The van der Waals surface area contributed by atoms with Crippen LogP contribution in [0.2, 0.25) is 0 Å². The Morgan fingerprint density at radius 3 is 2.61 bits per heavy atom. The van der Waals surface area contributed by atoms with E-state index < -0.39 is 10.0 Å². The van der Waals surface area contributed by atoms with Crippen LogP contribution in [0, 0.1) is 6.92 Å². The molecule has 0 aliphatic rings. The minimum Gasteiger partial charge on any atom is -0.264 e. The van der Waals surface area contributed by atoms with Gasteiger partial charge in [0.1, 0.15) is 0 Å². The van der Waals surface area contributed by atoms with Gasteiger partial charge in [-0.3, -0.25) is 4.98 Å². The molecule has 18 heavy (non-hydrogen) atoms. The van der Waals surface area contributed by atoms with E-state index in [1.807, 2.05) is 12.1 Å². The Bertz CT molecular complexity index is 624. The van der Waals surface area contributed by atoms with Crippen molar-refractivity contribution in [2.45, 2.75) is 18.4 Å². The summed E-state index contributed by atoms with van der Waals surface area (Å²) in [5.74, 6) is 0. The van der Waals surface area contributed by atoms with Crippen molar-refractivity contribution in [2.24, 2.45) is 0 Å². The Hall–Kier alpha value is -1.72. The van der Waals surface area contributed by atoms with E-state index in [-0.39, 0.29) is 6.54 Å². The van der Waals surface area contributed by atoms with E-state index in [4.69, 9.17) is 0 Å². The maximum Gasteiger partial charge on any atom is 0.241 e. The van der Waals surface area contributed by atoms with E-state index in [9.17, 15) is 8.42 Å². The van der Waals surface area contributed by atoms with Crippen molar-refractivity contribution >= 4 is 10.0 Å². The van der Waals surface area contributed by atoms with Crippen LogP contribution in [0.4, 0.5) is 0 Å². The number of aromatic nitrogens is 1. The highest BCUT2D eigenvalue weighted by atomic mass is 32.2. The van der Waals surface area contributed by atoms with Gasteiger partial charge in [-0.1, -0.05) is 24.3 Å². The van der Waals surface area contributed by atoms with E-state index in [0.29, 0.717) is 4.90 Å². The lowest BCUT2D eigenvalue weighted by atomic mass is 10.2. The summed E-state index contributed by atoms with van der Waals surface area (Å²) in [6.07, 6.45) is 3.29. The molecule has 1 heterocycles. The van der Waals surface area contributed by atoms with E-state index in [1.54, 1.807) is 43.6 Å². The zero-order valence-electron chi connectivity index (χ0n) is 10.00. The zero-order valence-corrected chi connectivity index (χ0v) is 10.8. The summed E-state index contributed by atoms with van der Waals surface area (Å²) < 4.78 is 26.8. The van der Waals surface area contributed by atoms with Crippen molar-refractivity contribution in [3.63, 3.8) is 0 Å². The molecule has 0 spiro atoms. The van der Waals surface area contributed by atoms with Crippen LogP contribution in [0.1, 0.15) is 11.1 Å². The lowest BCUT2D eigenvalue weighted by molar-refractivity contribution is 0.580. The summed E-state index contributed by atoms with van der Waals surface area (Å²) >= 11 is 0. The number of hydrogen-bond acceptors (Lipinski definition) is 3. The fourth-order valence-electron chi connectivity index (χ4n) is 1.62. The first-order valence-corrected chi connectivity index (χ1v) is 7.02. The van der Waals surface area contributed by atoms with Crippen molar-refractivity contribution in [1.29, 1.82) is 0 Å². The normalized spacial score (nSPS) is 11.4. The lowest BCUT2D eigenvalue weighted by Crippen LogP contribution is -2.24. The molecule has 0 saturated carbocycles. The molecule has 0 unspecified atom stereocenters. The minimum absolute atomic E-state index is 0.241. The number of pyridine rings is 1. The van der Waals surface area contributed by atoms with Crippen molar-refractivity contribution in [3.05, 3.63) is 59.9 Å². The van der Waals surface area contributed by atoms with Gasteiger partial charge < -0.3 is 0 Å². The van der Waals surface area contributed by atoms with Gasteiger partial charge in [-0.05, 0) is 30.2 Å². The van der Waals surface area contributed by atoms with Crippen LogP contribution < -0.4 is 4.72 Å². The largest absolute Gasteiger partial charge is 0.264 e. The van der Waals surface area contributed by atoms with Gasteiger partial charge in [-0.25, -0.2) is 13.1 Å². The summed E-state index contributed by atoms with van der Waals surface area (Å²) in [5, 5.41) is 0. The molecule has 4 nitrogen and oxygen atoms in total. The molecule has 2 aromatic rings. The van der Waals surface area contributed by atoms with Gasteiger partial charge in [0.25, 0.3) is 0 Å². The summed E-state index contributed by atoms with van der Waals surface area (Å²) in [5.41, 5.74) is 1.56. The van der Waals surface area contributed by atoms with Crippen molar-refractivity contribution in [1.82, 2.24) is 9.71 Å². The molecular formula is C13H14N2O2S. The topological polar surface area (TPSA) is 59.1 Å². The molecule has 0 saturated heterocycles. The number of hydrogen-bond donors (Lipinski definition) is 1. The first kappa shape index (κ1) is 12.7. The monoisotopic (exact) mass is 262 g/mol. The quantitative estimate of drug-likeness (QED) is 0.915. The van der Waals surface area contributed by atoms with Gasteiger partial charge in [0.2, 0.25) is 10.0 Å². The maximum absolute atomic E-state index is 12.1. The van der Waals surface area contributed by atoms with Crippen LogP contribution in [0.15, 0.2) is 53.7 Å². The van der Waals surface area contributed by atoms with Crippen LogP contribution >= 0.6 is 0 Å². The average molecular weight is 262 g/mol. The molecule has 0 fully saturated rings. The molecule has 0 aliphatic carbocycles. The third-order valence-electron chi connectivity index (χ3n) is 2.57. The molecule has 0 aliphatic heterocycles. The number of nitrogens with one attached hydrogen (secondary N) is 1. The third-order valence-corrected chi connectivity index (χ3v) is 4.13. The molecule has 1 aromatic carbocycles. The Labute approximate surface area is 107 Å². The highest BCUT2D eigenvalue weighted by Crippen LogP contribution is 2.14. The molecule has 5 heteroatoms. The van der Waals surface area contributed by atoms with E-state index in [1.165, 1.54) is 0 Å². The predicted molar refractivity (Wildman–Crippen MR) is 69.4 cm³/mol. The Kier molecular flexibility index (Phi) is 3.74. The first-order chi connectivity index (χ1) is 8.59. The Morgan fingerprint density at radius 1 is 1.17 bits per heavy atom. The summed E-state index contributed by atoms with van der Waals surface area (Å²) in [4.78, 5) is 4.25. The minimum atomic E-state index is -3.47. The molecule has 2 rings (SSSR count). The third kappa shape index (κ3) is 2.94. The van der Waals surface area contributed by atoms with Gasteiger partial charge in [0.05, 0.1) is 4.90 Å². The molecule has 0 atom stereocenters. The van der Waals surface area contributed by atoms with Crippen LogP contribution in [0.5, 0.6) is 0 Å². The maximum atomic E-state index is 12.1. The summed E-state index contributed by atoms with van der Waals surface area (Å²) in [6, 6.07) is 10.5. The Balaban J connectivity index is 2.16. The molecule has 0 bridgehead atoms. The molecule has 1 N–H and O–H groups in total. The molecule has 0 radical (unpaired) electrons. The molecule has 0 amide bonds. The van der Waals surface area contributed by atoms with Crippen molar-refractivity contribution in [2.75, 3.05) is 0 Å². The number of nitrogens with zero attached hydrogens (tertiary/aromatic N) is 1. The van der Waals surface area contributed by atoms with Crippen LogP contribution in [-0.4, -0.2) is 13.4 Å². The van der Waals surface area contributed by atoms with Crippen molar-refractivity contribution < 1.29 is 8.42 Å². The number of benzene rings is 1. The molecular weight excluding hydrogens is 248 g/mol. The standard InChI is InChI=1S/C13H14N2O2S/c1-11-5-2-3-7-13(11)18(16,17)15-10-12-6-4-8-14-9-12/h2-9,15H,10H2,1H3. The smallest absolute Gasteiger partial charge is 0.241 e. The van der Waals surface area contributed by atoms with Gasteiger partial charge >= 0.3 is 0 Å². The van der Waals surface area contributed by atoms with Gasteiger partial charge in [0, 0.05) is 18.9 Å². The van der Waals surface area contributed by atoms with E-state index >= 15 is 0 Å². The number of aryl methyl sites for hydroxylation is 1. The van der Waals surface area contributed by atoms with Crippen LogP contribution in [-0.2, 0) is 16.6 Å². The average Bonchev–Trinajstić information content (AvgIpc) is 2.38. The number of rotatable bonds is 4. The van der Waals surface area contributed by atoms with E-state index in [0.717, 1.165) is 11.1 Å². The highest BCUT2D eigenvalue weighted by Gasteiger charge is 2.15. The zero-order chi connectivity index (χ0) is 13.0. The second-order valence-corrected chi connectivity index (χ2v) is 5.69. The molecule has 1 aromatic heterocycles. The fraction of sp³-hybridized carbons (Fsp3) is 0.154. The number of sulfonamides is 1. The second kappa shape index (κ2) is 5.29. The van der Waals surface area contributed by atoms with Crippen molar-refractivity contribution in [3.8, 4) is 0 Å². The van der Waals surface area contributed by atoms with Crippen LogP contribution in [0.25, 0.3) is 0 Å². The highest BCUT2D eigenvalue weighted by molar-refractivity contribution is 7.89. The summed E-state index contributed by atoms with van der Waals surface area (Å²) in [7, 11) is -3.47. The van der Waals surface area contributed by atoms with E-state index in [2.05, 4.69) is 9.71 Å². The SMILES string of the molecule is Cc1ccccc1S(=O)(=O)NCc1cccnc1. The summed E-state index contributed by atoms with van der Waals surface area (Å²) in [6.45, 7) is 2.02. The molecule has 94 valence electrons. The van der Waals surface area contributed by atoms with Gasteiger partial charge in [0.15, 0.2) is 0 Å². The van der Waals surface area contributed by atoms with Gasteiger partial charge in [-0.2, -0.15) is 0 Å².